The number of hydrogen-bond acceptors (Lipinski definition) is 3. The number of rotatable bonds is 6. The van der Waals surface area contributed by atoms with E-state index in [2.05, 4.69) is 18.2 Å². The van der Waals surface area contributed by atoms with Gasteiger partial charge in [0.25, 0.3) is 0 Å². The van der Waals surface area contributed by atoms with Gasteiger partial charge in [0.05, 0.1) is 6.10 Å². The molecule has 3 heteroatoms. The van der Waals surface area contributed by atoms with E-state index in [1.54, 1.807) is 13.2 Å². The monoisotopic (exact) mass is 237 g/mol. The van der Waals surface area contributed by atoms with Crippen molar-refractivity contribution in [3.63, 3.8) is 0 Å². The van der Waals surface area contributed by atoms with Gasteiger partial charge in [-0.15, -0.1) is 0 Å². The highest BCUT2D eigenvalue weighted by Crippen LogP contribution is 1.99. The predicted molar refractivity (Wildman–Crippen MR) is 74.4 cm³/mol. The van der Waals surface area contributed by atoms with Crippen LogP contribution in [-0.2, 0) is 9.53 Å². The van der Waals surface area contributed by atoms with Gasteiger partial charge >= 0.3 is 0 Å². The molecule has 0 aromatic rings. The summed E-state index contributed by atoms with van der Waals surface area (Å²) in [5.74, 6) is 0.0699. The number of aliphatic imine (C=N–C) groups is 1. The van der Waals surface area contributed by atoms with Gasteiger partial charge in [0, 0.05) is 31.5 Å². The summed E-state index contributed by atoms with van der Waals surface area (Å²) in [6.45, 7) is 12.8. The van der Waals surface area contributed by atoms with Crippen molar-refractivity contribution in [2.24, 2.45) is 4.99 Å². The van der Waals surface area contributed by atoms with Crippen LogP contribution in [-0.4, -0.2) is 25.2 Å². The van der Waals surface area contributed by atoms with Gasteiger partial charge in [-0.3, -0.25) is 9.79 Å². The lowest BCUT2D eigenvalue weighted by molar-refractivity contribution is -0.114. The molecule has 0 saturated heterocycles. The molecule has 0 unspecified atom stereocenters. The Morgan fingerprint density at radius 3 is 2.24 bits per heavy atom. The number of hydrogen-bond donors (Lipinski definition) is 0. The van der Waals surface area contributed by atoms with Gasteiger partial charge in [0.15, 0.2) is 5.78 Å². The third kappa shape index (κ3) is 12.5. The molecule has 0 spiro atoms. The van der Waals surface area contributed by atoms with Crippen molar-refractivity contribution >= 4 is 12.0 Å². The lowest BCUT2D eigenvalue weighted by Crippen LogP contribution is -1.97. The molecular formula is C14H23NO2. The number of nitrogens with zero attached hydrogens (tertiary/aromatic N) is 1. The number of carbonyl (C=O) groups excluding carboxylic acids is 1. The number of carbonyl (C=O) groups is 1. The average Bonchev–Trinajstić information content (AvgIpc) is 2.34. The van der Waals surface area contributed by atoms with Crippen LogP contribution in [0.2, 0.25) is 0 Å². The summed E-state index contributed by atoms with van der Waals surface area (Å²) in [6, 6.07) is 0. The molecule has 0 aromatic heterocycles. The molecule has 0 atom stereocenters. The molecular weight excluding hydrogens is 214 g/mol. The molecule has 0 aromatic carbocycles. The van der Waals surface area contributed by atoms with Crippen LogP contribution in [0.5, 0.6) is 0 Å². The van der Waals surface area contributed by atoms with Gasteiger partial charge in [0.1, 0.15) is 0 Å². The summed E-state index contributed by atoms with van der Waals surface area (Å²) < 4.78 is 4.75. The molecule has 17 heavy (non-hydrogen) atoms. The Kier molecular flexibility index (Phi) is 13.3. The first-order chi connectivity index (χ1) is 8.03. The zero-order valence-electron chi connectivity index (χ0n) is 11.3. The lowest BCUT2D eigenvalue weighted by atomic mass is 10.1. The first-order valence-corrected chi connectivity index (χ1v) is 5.56. The first-order valence-electron chi connectivity index (χ1n) is 5.56. The summed E-state index contributed by atoms with van der Waals surface area (Å²) in [5.41, 5.74) is 0.586. The normalized spacial score (nSPS) is 11.0. The SMILES string of the molecule is C=CN=C/C=C(\C=C)C(=O)CC.COC(C)C. The van der Waals surface area contributed by atoms with Crippen molar-refractivity contribution < 1.29 is 9.53 Å². The zero-order chi connectivity index (χ0) is 13.7. The molecule has 96 valence electrons. The highest BCUT2D eigenvalue weighted by Gasteiger charge is 1.99. The summed E-state index contributed by atoms with van der Waals surface area (Å²) >= 11 is 0. The van der Waals surface area contributed by atoms with E-state index in [9.17, 15) is 4.79 Å². The molecule has 0 rings (SSSR count). The van der Waals surface area contributed by atoms with Crippen molar-refractivity contribution in [1.82, 2.24) is 0 Å². The highest BCUT2D eigenvalue weighted by atomic mass is 16.5. The summed E-state index contributed by atoms with van der Waals surface area (Å²) in [4.78, 5) is 14.8. The van der Waals surface area contributed by atoms with E-state index in [1.807, 2.05) is 20.8 Å². The van der Waals surface area contributed by atoms with E-state index in [4.69, 9.17) is 4.74 Å². The molecule has 0 fully saturated rings. The van der Waals surface area contributed by atoms with E-state index >= 15 is 0 Å². The molecule has 3 nitrogen and oxygen atoms in total. The Bertz CT molecular complexity index is 289. The first kappa shape index (κ1) is 17.9. The fraction of sp³-hybridized carbons (Fsp3) is 0.429. The van der Waals surface area contributed by atoms with Crippen LogP contribution < -0.4 is 0 Å². The number of ketones is 1. The average molecular weight is 237 g/mol. The van der Waals surface area contributed by atoms with E-state index in [1.165, 1.54) is 18.5 Å². The fourth-order valence-electron chi connectivity index (χ4n) is 0.663. The quantitative estimate of drug-likeness (QED) is 0.404. The maximum atomic E-state index is 11.1. The molecule has 0 N–H and O–H groups in total. The minimum atomic E-state index is 0.0699. The Balaban J connectivity index is 0. The summed E-state index contributed by atoms with van der Waals surface area (Å²) in [7, 11) is 1.70. The third-order valence-corrected chi connectivity index (χ3v) is 1.78. The van der Waals surface area contributed by atoms with Crippen LogP contribution in [0.4, 0.5) is 0 Å². The van der Waals surface area contributed by atoms with Crippen molar-refractivity contribution in [3.05, 3.63) is 37.1 Å². The van der Waals surface area contributed by atoms with Gasteiger partial charge in [-0.2, -0.15) is 0 Å². The van der Waals surface area contributed by atoms with Gasteiger partial charge in [-0.1, -0.05) is 26.2 Å². The molecule has 0 bridgehead atoms. The van der Waals surface area contributed by atoms with Crippen molar-refractivity contribution in [3.8, 4) is 0 Å². The van der Waals surface area contributed by atoms with Gasteiger partial charge in [0.2, 0.25) is 0 Å². The standard InChI is InChI=1S/C10H13NO.C4H10O/c1-4-9(10(12)5-2)7-8-11-6-3;1-4(2)5-3/h4,6-8H,1,3,5H2,2H3;4H,1-3H3/b9-7+,11-8?;. The number of Topliss-reactive ketones (excluding diaryl/α,β-unsaturated/α-hetero) is 1. The molecule has 0 aliphatic rings. The highest BCUT2D eigenvalue weighted by molar-refractivity contribution is 6.01. The van der Waals surface area contributed by atoms with E-state index in [0.717, 1.165) is 0 Å². The van der Waals surface area contributed by atoms with Crippen LogP contribution in [0.3, 0.4) is 0 Å². The van der Waals surface area contributed by atoms with Crippen molar-refractivity contribution in [2.75, 3.05) is 7.11 Å². The minimum absolute atomic E-state index is 0.0699. The van der Waals surface area contributed by atoms with Gasteiger partial charge in [-0.05, 0) is 19.9 Å². The zero-order valence-corrected chi connectivity index (χ0v) is 11.3. The molecule has 0 amide bonds. The lowest BCUT2D eigenvalue weighted by Gasteiger charge is -1.94. The smallest absolute Gasteiger partial charge is 0.162 e. The van der Waals surface area contributed by atoms with Crippen molar-refractivity contribution in [2.45, 2.75) is 33.3 Å². The Hall–Kier alpha value is -1.48. The predicted octanol–water partition coefficient (Wildman–Crippen LogP) is 3.33. The van der Waals surface area contributed by atoms with Crippen LogP contribution in [0.25, 0.3) is 0 Å². The Labute approximate surface area is 105 Å². The van der Waals surface area contributed by atoms with Gasteiger partial charge in [-0.25, -0.2) is 0 Å². The van der Waals surface area contributed by atoms with Crippen LogP contribution in [0, 0.1) is 0 Å². The van der Waals surface area contributed by atoms with E-state index < -0.39 is 0 Å². The van der Waals surface area contributed by atoms with Crippen LogP contribution in [0.15, 0.2) is 42.1 Å². The molecule has 0 radical (unpaired) electrons. The van der Waals surface area contributed by atoms with E-state index in [0.29, 0.717) is 18.1 Å². The third-order valence-electron chi connectivity index (χ3n) is 1.78. The maximum Gasteiger partial charge on any atom is 0.162 e. The minimum Gasteiger partial charge on any atom is -0.382 e. The number of methoxy groups -OCH3 is 1. The Morgan fingerprint density at radius 1 is 1.41 bits per heavy atom. The largest absolute Gasteiger partial charge is 0.382 e. The molecule has 0 aliphatic carbocycles. The van der Waals surface area contributed by atoms with Crippen LogP contribution >= 0.6 is 0 Å². The maximum absolute atomic E-state index is 11.1. The molecule has 0 aliphatic heterocycles. The van der Waals surface area contributed by atoms with E-state index in [-0.39, 0.29) is 5.78 Å². The summed E-state index contributed by atoms with van der Waals surface area (Å²) in [5, 5.41) is 0. The fourth-order valence-corrected chi connectivity index (χ4v) is 0.663. The summed E-state index contributed by atoms with van der Waals surface area (Å²) in [6.07, 6.45) is 6.96. The number of allylic oxidation sites excluding steroid dienone is 3. The second-order valence-electron chi connectivity index (χ2n) is 3.37. The number of ether oxygens (including phenoxy) is 1. The molecule has 0 heterocycles. The second kappa shape index (κ2) is 12.6. The van der Waals surface area contributed by atoms with Gasteiger partial charge < -0.3 is 4.74 Å². The molecule has 0 saturated carbocycles. The second-order valence-corrected chi connectivity index (χ2v) is 3.37. The Morgan fingerprint density at radius 2 is 1.94 bits per heavy atom. The topological polar surface area (TPSA) is 38.7 Å². The van der Waals surface area contributed by atoms with Crippen LogP contribution in [0.1, 0.15) is 27.2 Å². The van der Waals surface area contributed by atoms with Crippen molar-refractivity contribution in [1.29, 1.82) is 0 Å².